The van der Waals surface area contributed by atoms with Gasteiger partial charge in [0.05, 0.1) is 34.4 Å². The van der Waals surface area contributed by atoms with Crippen LogP contribution in [0.2, 0.25) is 0 Å². The van der Waals surface area contributed by atoms with Crippen LogP contribution < -0.4 is 0 Å². The van der Waals surface area contributed by atoms with Crippen LogP contribution in [0.25, 0.3) is 0 Å². The number of allylic oxidation sites excluding steroid dienone is 10. The highest BCUT2D eigenvalue weighted by molar-refractivity contribution is 5.72. The molecule has 262 valence electrons. The number of carboxylic acids is 1. The highest BCUT2D eigenvalue weighted by Gasteiger charge is 2.31. The number of carbonyl (C=O) groups excluding carboxylic acids is 2. The number of esters is 2. The van der Waals surface area contributed by atoms with E-state index in [0.29, 0.717) is 19.3 Å². The predicted molar refractivity (Wildman–Crippen MR) is 187 cm³/mol. The molecular formula is C38H64NO7+. The van der Waals surface area contributed by atoms with Crippen LogP contribution >= 0.6 is 0 Å². The molecule has 0 amide bonds. The van der Waals surface area contributed by atoms with Gasteiger partial charge >= 0.3 is 17.9 Å². The lowest BCUT2D eigenvalue weighted by atomic mass is 10.1. The van der Waals surface area contributed by atoms with E-state index < -0.39 is 18.1 Å². The second-order valence-electron chi connectivity index (χ2n) is 12.5. The van der Waals surface area contributed by atoms with E-state index in [0.717, 1.165) is 51.4 Å². The molecule has 0 aliphatic heterocycles. The van der Waals surface area contributed by atoms with Crippen molar-refractivity contribution in [1.29, 1.82) is 0 Å². The monoisotopic (exact) mass is 646 g/mol. The predicted octanol–water partition coefficient (Wildman–Crippen LogP) is 8.29. The topological polar surface area (TPSA) is 99.1 Å². The molecule has 2 unspecified atom stereocenters. The van der Waals surface area contributed by atoms with E-state index in [4.69, 9.17) is 14.2 Å². The van der Waals surface area contributed by atoms with Gasteiger partial charge in [-0.3, -0.25) is 9.59 Å². The summed E-state index contributed by atoms with van der Waals surface area (Å²) in [7, 11) is 5.48. The van der Waals surface area contributed by atoms with Gasteiger partial charge in [-0.05, 0) is 32.1 Å². The van der Waals surface area contributed by atoms with Gasteiger partial charge in [0.15, 0.2) is 12.1 Å². The Morgan fingerprint density at radius 2 is 1.22 bits per heavy atom. The Labute approximate surface area is 279 Å². The first-order valence-electron chi connectivity index (χ1n) is 17.4. The van der Waals surface area contributed by atoms with E-state index >= 15 is 0 Å². The number of carboxylic acid groups (broad SMARTS) is 1. The van der Waals surface area contributed by atoms with Crippen molar-refractivity contribution in [2.75, 3.05) is 41.0 Å². The summed E-state index contributed by atoms with van der Waals surface area (Å²) >= 11 is 0. The Hall–Kier alpha value is -2.97. The molecule has 0 spiro atoms. The van der Waals surface area contributed by atoms with E-state index in [-0.39, 0.29) is 36.2 Å². The Balaban J connectivity index is 4.51. The van der Waals surface area contributed by atoms with Crippen molar-refractivity contribution in [1.82, 2.24) is 0 Å². The Bertz CT molecular complexity index is 943. The van der Waals surface area contributed by atoms with Gasteiger partial charge in [0.25, 0.3) is 0 Å². The van der Waals surface area contributed by atoms with E-state index in [2.05, 4.69) is 26.0 Å². The molecule has 8 nitrogen and oxygen atoms in total. The van der Waals surface area contributed by atoms with Gasteiger partial charge in [0.1, 0.15) is 6.61 Å². The van der Waals surface area contributed by atoms with E-state index in [1.807, 2.05) is 69.8 Å². The van der Waals surface area contributed by atoms with E-state index in [1.165, 1.54) is 25.7 Å². The van der Waals surface area contributed by atoms with Crippen molar-refractivity contribution in [3.05, 3.63) is 60.8 Å². The van der Waals surface area contributed by atoms with Gasteiger partial charge in [0, 0.05) is 19.3 Å². The van der Waals surface area contributed by atoms with Crippen LogP contribution in [-0.2, 0) is 28.6 Å². The standard InChI is InChI=1S/C38H63NO7/c1-6-8-10-12-14-15-16-17-18-19-20-21-23-24-26-28-36(40)45-33-34(32-44-31-30-35(38(42)43)39(3,4)5)46-37(41)29-27-25-22-13-11-9-7-2/h8,10,12,14-20,34-35H,6-7,9,11,13,21-33H2,1-5H3/p+1/b10-8+,14-12+,16-15+,18-17+,20-19+. The van der Waals surface area contributed by atoms with Crippen LogP contribution in [0.5, 0.6) is 0 Å². The number of quaternary nitrogens is 1. The van der Waals surface area contributed by atoms with Gasteiger partial charge in [-0.15, -0.1) is 0 Å². The lowest BCUT2D eigenvalue weighted by molar-refractivity contribution is -0.887. The third kappa shape index (κ3) is 27.3. The minimum absolute atomic E-state index is 0.0447. The van der Waals surface area contributed by atoms with Crippen LogP contribution in [-0.4, -0.2) is 80.6 Å². The lowest BCUT2D eigenvalue weighted by Gasteiger charge is -2.31. The third-order valence-electron chi connectivity index (χ3n) is 7.31. The molecule has 0 radical (unpaired) electrons. The van der Waals surface area contributed by atoms with Crippen molar-refractivity contribution >= 4 is 17.9 Å². The van der Waals surface area contributed by atoms with E-state index in [1.54, 1.807) is 0 Å². The molecule has 0 aliphatic rings. The number of carbonyl (C=O) groups is 3. The summed E-state index contributed by atoms with van der Waals surface area (Å²) in [5.41, 5.74) is 0. The molecule has 1 N–H and O–H groups in total. The van der Waals surface area contributed by atoms with Gasteiger partial charge in [-0.25, -0.2) is 4.79 Å². The van der Waals surface area contributed by atoms with Crippen LogP contribution in [0.4, 0.5) is 0 Å². The average molecular weight is 647 g/mol. The number of nitrogens with zero attached hydrogens (tertiary/aromatic N) is 1. The molecule has 0 aromatic rings. The fraction of sp³-hybridized carbons (Fsp3) is 0.658. The fourth-order valence-electron chi connectivity index (χ4n) is 4.58. The molecule has 0 saturated heterocycles. The van der Waals surface area contributed by atoms with Gasteiger partial charge in [-0.1, -0.05) is 120 Å². The minimum atomic E-state index is -0.886. The maximum atomic E-state index is 12.5. The quantitative estimate of drug-likeness (QED) is 0.0378. The maximum absolute atomic E-state index is 12.5. The van der Waals surface area contributed by atoms with Gasteiger partial charge in [-0.2, -0.15) is 0 Å². The molecule has 0 aromatic heterocycles. The fourth-order valence-corrected chi connectivity index (χ4v) is 4.58. The number of hydrogen-bond acceptors (Lipinski definition) is 6. The van der Waals surface area contributed by atoms with Crippen molar-refractivity contribution in [2.45, 2.75) is 122 Å². The molecule has 0 aliphatic carbocycles. The van der Waals surface area contributed by atoms with Crippen LogP contribution in [0, 0.1) is 0 Å². The van der Waals surface area contributed by atoms with Crippen LogP contribution in [0.1, 0.15) is 110 Å². The third-order valence-corrected chi connectivity index (χ3v) is 7.31. The van der Waals surface area contributed by atoms with Gasteiger partial charge < -0.3 is 23.8 Å². The van der Waals surface area contributed by atoms with Crippen molar-refractivity contribution < 1.29 is 38.2 Å². The van der Waals surface area contributed by atoms with E-state index in [9.17, 15) is 19.5 Å². The second kappa shape index (κ2) is 29.4. The Kier molecular flexibility index (Phi) is 27.5. The summed E-state index contributed by atoms with van der Waals surface area (Å²) in [5.74, 6) is -1.54. The molecule has 0 heterocycles. The Morgan fingerprint density at radius 3 is 1.80 bits per heavy atom. The number of likely N-dealkylation sites (N-methyl/N-ethyl adjacent to an activating group) is 1. The van der Waals surface area contributed by atoms with Crippen LogP contribution in [0.3, 0.4) is 0 Å². The molecule has 2 atom stereocenters. The number of unbranched alkanes of at least 4 members (excludes halogenated alkanes) is 9. The zero-order valence-corrected chi connectivity index (χ0v) is 29.5. The maximum Gasteiger partial charge on any atom is 0.362 e. The summed E-state index contributed by atoms with van der Waals surface area (Å²) < 4.78 is 17.0. The first-order chi connectivity index (χ1) is 22.1. The smallest absolute Gasteiger partial charge is 0.362 e. The van der Waals surface area contributed by atoms with Crippen molar-refractivity contribution in [2.24, 2.45) is 0 Å². The highest BCUT2D eigenvalue weighted by Crippen LogP contribution is 2.12. The molecule has 46 heavy (non-hydrogen) atoms. The largest absolute Gasteiger partial charge is 0.477 e. The van der Waals surface area contributed by atoms with Crippen molar-refractivity contribution in [3.63, 3.8) is 0 Å². The molecule has 0 fully saturated rings. The van der Waals surface area contributed by atoms with Gasteiger partial charge in [0.2, 0.25) is 0 Å². The summed E-state index contributed by atoms with van der Waals surface area (Å²) in [5, 5.41) is 9.54. The summed E-state index contributed by atoms with van der Waals surface area (Å²) in [6.45, 7) is 4.46. The number of hydrogen-bond donors (Lipinski definition) is 1. The minimum Gasteiger partial charge on any atom is -0.477 e. The zero-order valence-electron chi connectivity index (χ0n) is 29.5. The molecule has 8 heteroatoms. The molecule has 0 saturated carbocycles. The number of ether oxygens (including phenoxy) is 3. The summed E-state index contributed by atoms with van der Waals surface area (Å²) in [6.07, 6.45) is 32.8. The molecule has 0 aromatic carbocycles. The number of rotatable bonds is 29. The first-order valence-corrected chi connectivity index (χ1v) is 17.4. The van der Waals surface area contributed by atoms with Crippen molar-refractivity contribution in [3.8, 4) is 0 Å². The molecular weight excluding hydrogens is 582 g/mol. The zero-order chi connectivity index (χ0) is 34.3. The number of aliphatic carboxylic acids is 1. The second-order valence-corrected chi connectivity index (χ2v) is 12.5. The average Bonchev–Trinajstić information content (AvgIpc) is 3.00. The summed E-state index contributed by atoms with van der Waals surface area (Å²) in [4.78, 5) is 36.5. The molecule has 0 bridgehead atoms. The molecule has 0 rings (SSSR count). The highest BCUT2D eigenvalue weighted by atomic mass is 16.6. The first kappa shape index (κ1) is 43.0. The SMILES string of the molecule is CC/C=C/C=C/C=C/C=C/C=C/CCCCCC(=O)OCC(COCCC(C(=O)O)[N+](C)(C)C)OC(=O)CCCCCCCCC. The summed E-state index contributed by atoms with van der Waals surface area (Å²) in [6, 6.07) is -0.620. The normalized spacial score (nSPS) is 13.8. The lowest BCUT2D eigenvalue weighted by Crippen LogP contribution is -2.50. The Morgan fingerprint density at radius 1 is 0.674 bits per heavy atom. The van der Waals surface area contributed by atoms with Crippen LogP contribution in [0.15, 0.2) is 60.8 Å².